The molecule has 8 heteroatoms. The van der Waals surface area contributed by atoms with E-state index in [2.05, 4.69) is 10.3 Å². The summed E-state index contributed by atoms with van der Waals surface area (Å²) in [6.07, 6.45) is 2.24. The van der Waals surface area contributed by atoms with Gasteiger partial charge in [-0.1, -0.05) is 17.7 Å². The van der Waals surface area contributed by atoms with Crippen LogP contribution in [0.15, 0.2) is 42.6 Å². The van der Waals surface area contributed by atoms with Gasteiger partial charge in [0.05, 0.1) is 23.4 Å². The molecule has 3 rings (SSSR count). The van der Waals surface area contributed by atoms with Gasteiger partial charge >= 0.3 is 0 Å². The highest BCUT2D eigenvalue weighted by Gasteiger charge is 2.30. The summed E-state index contributed by atoms with van der Waals surface area (Å²) in [5.74, 6) is 0.513. The largest absolute Gasteiger partial charge is 0.369 e. The van der Waals surface area contributed by atoms with Crippen LogP contribution in [0.2, 0.25) is 5.02 Å². The van der Waals surface area contributed by atoms with Crippen LogP contribution in [0.4, 0.5) is 11.5 Å². The number of amides is 1. The van der Waals surface area contributed by atoms with E-state index in [1.165, 1.54) is 0 Å². The average molecular weight is 380 g/mol. The van der Waals surface area contributed by atoms with Crippen molar-refractivity contribution in [1.82, 2.24) is 4.98 Å². The topological polar surface area (TPSA) is 79.4 Å². The summed E-state index contributed by atoms with van der Waals surface area (Å²) in [5, 5.41) is 3.20. The van der Waals surface area contributed by atoms with Gasteiger partial charge in [0.1, 0.15) is 5.82 Å². The Morgan fingerprint density at radius 2 is 2.12 bits per heavy atom. The number of carbonyl (C=O) groups is 1. The number of carbonyl (C=O) groups excluding carboxylic acids is 1. The van der Waals surface area contributed by atoms with E-state index in [1.54, 1.807) is 36.5 Å². The molecule has 0 radical (unpaired) electrons. The maximum absolute atomic E-state index is 12.2. The number of benzene rings is 1. The lowest BCUT2D eigenvalue weighted by molar-refractivity contribution is 0.102. The van der Waals surface area contributed by atoms with Gasteiger partial charge in [-0.15, -0.1) is 0 Å². The molecule has 1 saturated heterocycles. The van der Waals surface area contributed by atoms with Crippen molar-refractivity contribution in [2.45, 2.75) is 12.5 Å². The third kappa shape index (κ3) is 4.29. The number of aromatic nitrogens is 1. The number of anilines is 2. The maximum atomic E-state index is 12.2. The standard InChI is InChI=1S/C17H18ClN3O3S/c1-21(15-7-8-25(23,24)11-15)14-5-6-16(19-10-14)20-17(22)12-3-2-4-13(18)9-12/h2-6,9-10,15H,7-8,11H2,1H3,(H,19,20,22). The van der Waals surface area contributed by atoms with E-state index >= 15 is 0 Å². The summed E-state index contributed by atoms with van der Waals surface area (Å²) >= 11 is 5.89. The second-order valence-electron chi connectivity index (χ2n) is 6.03. The molecule has 1 aromatic carbocycles. The summed E-state index contributed by atoms with van der Waals surface area (Å²) in [6.45, 7) is 0. The summed E-state index contributed by atoms with van der Waals surface area (Å²) in [6, 6.07) is 10.1. The van der Waals surface area contributed by atoms with Crippen molar-refractivity contribution in [3.8, 4) is 0 Å². The summed E-state index contributed by atoms with van der Waals surface area (Å²) in [5.41, 5.74) is 1.26. The van der Waals surface area contributed by atoms with Crippen LogP contribution >= 0.6 is 11.6 Å². The van der Waals surface area contributed by atoms with Crippen molar-refractivity contribution in [1.29, 1.82) is 0 Å². The molecule has 1 atom stereocenters. The first kappa shape index (κ1) is 17.7. The Bertz CT molecular complexity index is 884. The van der Waals surface area contributed by atoms with E-state index < -0.39 is 9.84 Å². The van der Waals surface area contributed by atoms with E-state index in [0.717, 1.165) is 5.69 Å². The zero-order valence-electron chi connectivity index (χ0n) is 13.6. The molecule has 1 N–H and O–H groups in total. The summed E-state index contributed by atoms with van der Waals surface area (Å²) in [4.78, 5) is 18.3. The van der Waals surface area contributed by atoms with Crippen LogP contribution < -0.4 is 10.2 Å². The molecule has 1 aromatic heterocycles. The third-order valence-corrected chi connectivity index (χ3v) is 6.23. The van der Waals surface area contributed by atoms with Gasteiger partial charge in [0.2, 0.25) is 0 Å². The van der Waals surface area contributed by atoms with Gasteiger partial charge in [-0.2, -0.15) is 0 Å². The fourth-order valence-electron chi connectivity index (χ4n) is 2.78. The van der Waals surface area contributed by atoms with Crippen LogP contribution in [-0.2, 0) is 9.84 Å². The van der Waals surface area contributed by atoms with E-state index in [-0.39, 0.29) is 23.5 Å². The average Bonchev–Trinajstić information content (AvgIpc) is 2.95. The summed E-state index contributed by atoms with van der Waals surface area (Å²) < 4.78 is 23.2. The molecule has 0 bridgehead atoms. The molecule has 132 valence electrons. The van der Waals surface area contributed by atoms with Crippen LogP contribution in [0.1, 0.15) is 16.8 Å². The molecule has 0 spiro atoms. The minimum atomic E-state index is -2.94. The van der Waals surface area contributed by atoms with E-state index in [9.17, 15) is 13.2 Å². The van der Waals surface area contributed by atoms with E-state index in [1.807, 2.05) is 18.0 Å². The lowest BCUT2D eigenvalue weighted by Crippen LogP contribution is -2.32. The van der Waals surface area contributed by atoms with Crippen LogP contribution in [0.5, 0.6) is 0 Å². The predicted octanol–water partition coefficient (Wildman–Crippen LogP) is 2.61. The fourth-order valence-corrected chi connectivity index (χ4v) is 4.74. The quantitative estimate of drug-likeness (QED) is 0.883. The van der Waals surface area contributed by atoms with Crippen molar-refractivity contribution in [3.63, 3.8) is 0 Å². The molecule has 1 amide bonds. The molecule has 0 saturated carbocycles. The Morgan fingerprint density at radius 3 is 2.72 bits per heavy atom. The number of pyridine rings is 1. The van der Waals surface area contributed by atoms with Crippen LogP contribution in [0, 0.1) is 0 Å². The van der Waals surface area contributed by atoms with E-state index in [0.29, 0.717) is 22.8 Å². The Hall–Kier alpha value is -2.12. The van der Waals surface area contributed by atoms with Gasteiger partial charge in [0.25, 0.3) is 5.91 Å². The number of nitrogens with one attached hydrogen (secondary N) is 1. The van der Waals surface area contributed by atoms with Crippen molar-refractivity contribution in [2.24, 2.45) is 0 Å². The lowest BCUT2D eigenvalue weighted by Gasteiger charge is -2.25. The van der Waals surface area contributed by atoms with Gasteiger partial charge in [-0.3, -0.25) is 4.79 Å². The lowest BCUT2D eigenvalue weighted by atomic mass is 10.2. The van der Waals surface area contributed by atoms with Gasteiger partial charge in [-0.25, -0.2) is 13.4 Å². The Balaban J connectivity index is 1.67. The van der Waals surface area contributed by atoms with Crippen LogP contribution in [-0.4, -0.2) is 43.9 Å². The minimum Gasteiger partial charge on any atom is -0.369 e. The van der Waals surface area contributed by atoms with Gasteiger partial charge in [0, 0.05) is 23.7 Å². The van der Waals surface area contributed by atoms with Crippen molar-refractivity contribution in [2.75, 3.05) is 28.8 Å². The SMILES string of the molecule is CN(c1ccc(NC(=O)c2cccc(Cl)c2)nc1)C1CCS(=O)(=O)C1. The maximum Gasteiger partial charge on any atom is 0.256 e. The molecule has 25 heavy (non-hydrogen) atoms. The molecule has 1 unspecified atom stereocenters. The van der Waals surface area contributed by atoms with Crippen LogP contribution in [0.25, 0.3) is 0 Å². The Kier molecular flexibility index (Phi) is 4.96. The predicted molar refractivity (Wildman–Crippen MR) is 99.1 cm³/mol. The van der Waals surface area contributed by atoms with Gasteiger partial charge in [0.15, 0.2) is 9.84 Å². The second-order valence-corrected chi connectivity index (χ2v) is 8.70. The van der Waals surface area contributed by atoms with Gasteiger partial charge in [-0.05, 0) is 36.8 Å². The number of hydrogen-bond acceptors (Lipinski definition) is 5. The monoisotopic (exact) mass is 379 g/mol. The highest BCUT2D eigenvalue weighted by Crippen LogP contribution is 2.23. The molecule has 1 aliphatic rings. The fraction of sp³-hybridized carbons (Fsp3) is 0.294. The molecular weight excluding hydrogens is 362 g/mol. The number of sulfone groups is 1. The molecule has 0 aliphatic carbocycles. The second kappa shape index (κ2) is 7.01. The number of hydrogen-bond donors (Lipinski definition) is 1. The first-order valence-electron chi connectivity index (χ1n) is 7.80. The zero-order valence-corrected chi connectivity index (χ0v) is 15.2. The van der Waals surface area contributed by atoms with Crippen LogP contribution in [0.3, 0.4) is 0 Å². The van der Waals surface area contributed by atoms with Gasteiger partial charge < -0.3 is 10.2 Å². The number of nitrogens with zero attached hydrogens (tertiary/aromatic N) is 2. The smallest absolute Gasteiger partial charge is 0.256 e. The van der Waals surface area contributed by atoms with Crippen molar-refractivity contribution >= 4 is 38.9 Å². The highest BCUT2D eigenvalue weighted by molar-refractivity contribution is 7.91. The highest BCUT2D eigenvalue weighted by atomic mass is 35.5. The molecule has 6 nitrogen and oxygen atoms in total. The number of rotatable bonds is 4. The molecule has 2 aromatic rings. The van der Waals surface area contributed by atoms with E-state index in [4.69, 9.17) is 11.6 Å². The number of halogens is 1. The minimum absolute atomic E-state index is 0.0429. The summed E-state index contributed by atoms with van der Waals surface area (Å²) in [7, 11) is -1.08. The zero-order chi connectivity index (χ0) is 18.0. The normalized spacial score (nSPS) is 18.7. The van der Waals surface area contributed by atoms with Crippen molar-refractivity contribution < 1.29 is 13.2 Å². The molecular formula is C17H18ClN3O3S. The molecule has 1 aliphatic heterocycles. The van der Waals surface area contributed by atoms with Crippen molar-refractivity contribution in [3.05, 3.63) is 53.2 Å². The first-order valence-corrected chi connectivity index (χ1v) is 10.0. The third-order valence-electron chi connectivity index (χ3n) is 4.24. The first-order chi connectivity index (χ1) is 11.8. The molecule has 1 fully saturated rings. The molecule has 2 heterocycles. The Labute approximate surface area is 151 Å². The Morgan fingerprint density at radius 1 is 1.32 bits per heavy atom.